The highest BCUT2D eigenvalue weighted by molar-refractivity contribution is 6.33. The van der Waals surface area contributed by atoms with Gasteiger partial charge in [-0.1, -0.05) is 53.2 Å². The molecule has 0 unspecified atom stereocenters. The standard InChI is InChI=1S/C23H22ClN7O2/c1-16-21(22(26-33-16)18-9-5-6-10-19(18)24)23(32)30-13-11-29(12-14-30)15-20-25-27-28-31(20)17-7-3-2-4-8-17/h2-10H,11-15H2,1H3. The van der Waals surface area contributed by atoms with Gasteiger partial charge in [-0.05, 0) is 35.5 Å². The lowest BCUT2D eigenvalue weighted by Crippen LogP contribution is -2.48. The van der Waals surface area contributed by atoms with Crippen molar-refractivity contribution < 1.29 is 9.32 Å². The lowest BCUT2D eigenvalue weighted by molar-refractivity contribution is 0.0623. The number of amides is 1. The van der Waals surface area contributed by atoms with Gasteiger partial charge < -0.3 is 9.42 Å². The molecule has 33 heavy (non-hydrogen) atoms. The molecule has 2 aromatic carbocycles. The molecule has 2 aromatic heterocycles. The average Bonchev–Trinajstić information content (AvgIpc) is 3.46. The zero-order chi connectivity index (χ0) is 22.8. The van der Waals surface area contributed by atoms with Gasteiger partial charge >= 0.3 is 0 Å². The fourth-order valence-corrected chi connectivity index (χ4v) is 4.23. The van der Waals surface area contributed by atoms with E-state index in [0.717, 1.165) is 11.5 Å². The maximum absolute atomic E-state index is 13.4. The first kappa shape index (κ1) is 21.3. The molecule has 1 aliphatic heterocycles. The fourth-order valence-electron chi connectivity index (χ4n) is 4.00. The number of piperazine rings is 1. The largest absolute Gasteiger partial charge is 0.360 e. The Bertz CT molecular complexity index is 1260. The van der Waals surface area contributed by atoms with E-state index in [1.54, 1.807) is 17.7 Å². The molecule has 5 rings (SSSR count). The molecule has 9 nitrogen and oxygen atoms in total. The van der Waals surface area contributed by atoms with Gasteiger partial charge in [0.25, 0.3) is 5.91 Å². The van der Waals surface area contributed by atoms with Crippen LogP contribution in [0.2, 0.25) is 5.02 Å². The van der Waals surface area contributed by atoms with Gasteiger partial charge in [0.05, 0.1) is 17.3 Å². The summed E-state index contributed by atoms with van der Waals surface area (Å²) >= 11 is 6.34. The Labute approximate surface area is 195 Å². The molecule has 10 heteroatoms. The Kier molecular flexibility index (Phi) is 5.89. The number of hydrogen-bond donors (Lipinski definition) is 0. The monoisotopic (exact) mass is 463 g/mol. The highest BCUT2D eigenvalue weighted by Gasteiger charge is 2.29. The molecule has 0 radical (unpaired) electrons. The van der Waals surface area contributed by atoms with Crippen molar-refractivity contribution in [1.82, 2.24) is 35.2 Å². The van der Waals surface area contributed by atoms with Crippen LogP contribution in [0.1, 0.15) is 21.9 Å². The van der Waals surface area contributed by atoms with E-state index in [2.05, 4.69) is 25.6 Å². The van der Waals surface area contributed by atoms with Crippen LogP contribution in [-0.4, -0.2) is 67.2 Å². The van der Waals surface area contributed by atoms with Crippen LogP contribution in [-0.2, 0) is 6.54 Å². The number of hydrogen-bond acceptors (Lipinski definition) is 7. The molecular weight excluding hydrogens is 442 g/mol. The first-order chi connectivity index (χ1) is 16.1. The van der Waals surface area contributed by atoms with E-state index in [1.807, 2.05) is 53.4 Å². The summed E-state index contributed by atoms with van der Waals surface area (Å²) in [6.45, 7) is 4.93. The first-order valence-corrected chi connectivity index (χ1v) is 11.0. The summed E-state index contributed by atoms with van der Waals surface area (Å²) in [7, 11) is 0. The number of carbonyl (C=O) groups is 1. The maximum Gasteiger partial charge on any atom is 0.259 e. The summed E-state index contributed by atoms with van der Waals surface area (Å²) in [5.41, 5.74) is 2.55. The SMILES string of the molecule is Cc1onc(-c2ccccc2Cl)c1C(=O)N1CCN(Cc2nnnn2-c2ccccc2)CC1. The molecule has 0 aliphatic carbocycles. The zero-order valence-corrected chi connectivity index (χ0v) is 18.8. The van der Waals surface area contributed by atoms with E-state index < -0.39 is 0 Å². The average molecular weight is 464 g/mol. The third-order valence-corrected chi connectivity index (χ3v) is 6.09. The highest BCUT2D eigenvalue weighted by Crippen LogP contribution is 2.32. The number of carbonyl (C=O) groups excluding carboxylic acids is 1. The summed E-state index contributed by atoms with van der Waals surface area (Å²) < 4.78 is 7.12. The number of para-hydroxylation sites is 1. The molecule has 0 saturated carbocycles. The van der Waals surface area contributed by atoms with Gasteiger partial charge in [-0.2, -0.15) is 4.68 Å². The summed E-state index contributed by atoms with van der Waals surface area (Å²) in [6, 6.07) is 17.1. The van der Waals surface area contributed by atoms with Crippen molar-refractivity contribution >= 4 is 17.5 Å². The van der Waals surface area contributed by atoms with E-state index in [0.29, 0.717) is 60.3 Å². The van der Waals surface area contributed by atoms with Crippen LogP contribution in [0.15, 0.2) is 59.1 Å². The van der Waals surface area contributed by atoms with Crippen LogP contribution in [0, 0.1) is 6.92 Å². The summed E-state index contributed by atoms with van der Waals surface area (Å²) in [4.78, 5) is 17.4. The number of tetrazole rings is 1. The van der Waals surface area contributed by atoms with E-state index in [-0.39, 0.29) is 5.91 Å². The summed E-state index contributed by atoms with van der Waals surface area (Å²) in [6.07, 6.45) is 0. The molecule has 1 aliphatic rings. The summed E-state index contributed by atoms with van der Waals surface area (Å²) in [5.74, 6) is 1.15. The predicted octanol–water partition coefficient (Wildman–Crippen LogP) is 3.24. The number of aromatic nitrogens is 5. The highest BCUT2D eigenvalue weighted by atomic mass is 35.5. The second-order valence-corrected chi connectivity index (χ2v) is 8.26. The number of nitrogens with zero attached hydrogens (tertiary/aromatic N) is 7. The zero-order valence-electron chi connectivity index (χ0n) is 18.1. The van der Waals surface area contributed by atoms with Gasteiger partial charge in [0.2, 0.25) is 0 Å². The molecule has 168 valence electrons. The van der Waals surface area contributed by atoms with Gasteiger partial charge in [0.1, 0.15) is 17.0 Å². The van der Waals surface area contributed by atoms with Gasteiger partial charge in [-0.3, -0.25) is 9.69 Å². The lowest BCUT2D eigenvalue weighted by atomic mass is 10.0. The molecule has 0 spiro atoms. The molecule has 1 saturated heterocycles. The minimum atomic E-state index is -0.0996. The minimum Gasteiger partial charge on any atom is -0.360 e. The van der Waals surface area contributed by atoms with Crippen LogP contribution in [0.25, 0.3) is 16.9 Å². The van der Waals surface area contributed by atoms with Gasteiger partial charge in [-0.15, -0.1) is 5.10 Å². The Morgan fingerprint density at radius 1 is 1.03 bits per heavy atom. The second-order valence-electron chi connectivity index (χ2n) is 7.85. The Morgan fingerprint density at radius 2 is 1.76 bits per heavy atom. The number of rotatable bonds is 5. The van der Waals surface area contributed by atoms with Crippen molar-refractivity contribution in [3.8, 4) is 16.9 Å². The van der Waals surface area contributed by atoms with Crippen LogP contribution in [0.3, 0.4) is 0 Å². The molecule has 1 amide bonds. The van der Waals surface area contributed by atoms with E-state index in [4.69, 9.17) is 16.1 Å². The van der Waals surface area contributed by atoms with Crippen LogP contribution < -0.4 is 0 Å². The predicted molar refractivity (Wildman–Crippen MR) is 122 cm³/mol. The van der Waals surface area contributed by atoms with E-state index in [1.165, 1.54) is 0 Å². The first-order valence-electron chi connectivity index (χ1n) is 10.7. The van der Waals surface area contributed by atoms with Crippen molar-refractivity contribution in [2.45, 2.75) is 13.5 Å². The Morgan fingerprint density at radius 3 is 2.52 bits per heavy atom. The van der Waals surface area contributed by atoms with Crippen molar-refractivity contribution in [2.75, 3.05) is 26.2 Å². The Balaban J connectivity index is 1.28. The molecule has 0 bridgehead atoms. The van der Waals surface area contributed by atoms with Crippen LogP contribution >= 0.6 is 11.6 Å². The van der Waals surface area contributed by atoms with Gasteiger partial charge in [0, 0.05) is 31.7 Å². The summed E-state index contributed by atoms with van der Waals surface area (Å²) in [5, 5.41) is 16.8. The fraction of sp³-hybridized carbons (Fsp3) is 0.261. The lowest BCUT2D eigenvalue weighted by Gasteiger charge is -2.34. The molecule has 1 fully saturated rings. The molecule has 3 heterocycles. The smallest absolute Gasteiger partial charge is 0.259 e. The normalized spacial score (nSPS) is 14.5. The Hall–Kier alpha value is -3.56. The van der Waals surface area contributed by atoms with Crippen molar-refractivity contribution in [3.63, 3.8) is 0 Å². The molecule has 0 N–H and O–H groups in total. The quantitative estimate of drug-likeness (QED) is 0.448. The van der Waals surface area contributed by atoms with Crippen LogP contribution in [0.4, 0.5) is 0 Å². The molecule has 0 atom stereocenters. The van der Waals surface area contributed by atoms with Crippen molar-refractivity contribution in [1.29, 1.82) is 0 Å². The topological polar surface area (TPSA) is 93.2 Å². The third kappa shape index (κ3) is 4.24. The van der Waals surface area contributed by atoms with Crippen molar-refractivity contribution in [2.24, 2.45) is 0 Å². The second kappa shape index (κ2) is 9.13. The van der Waals surface area contributed by atoms with Gasteiger partial charge in [0.15, 0.2) is 5.82 Å². The van der Waals surface area contributed by atoms with Gasteiger partial charge in [-0.25, -0.2) is 0 Å². The minimum absolute atomic E-state index is 0.0996. The number of aryl methyl sites for hydroxylation is 1. The number of benzene rings is 2. The molecular formula is C23H22ClN7O2. The van der Waals surface area contributed by atoms with E-state index in [9.17, 15) is 4.79 Å². The number of halogens is 1. The third-order valence-electron chi connectivity index (χ3n) is 5.76. The van der Waals surface area contributed by atoms with Crippen LogP contribution in [0.5, 0.6) is 0 Å². The van der Waals surface area contributed by atoms with E-state index >= 15 is 0 Å². The molecule has 4 aromatic rings. The van der Waals surface area contributed by atoms with Crippen molar-refractivity contribution in [3.05, 3.63) is 76.8 Å². The maximum atomic E-state index is 13.4.